The van der Waals surface area contributed by atoms with Gasteiger partial charge in [-0.05, 0) is 74.5 Å². The van der Waals surface area contributed by atoms with Crippen LogP contribution in [-0.2, 0) is 12.8 Å². The summed E-state index contributed by atoms with van der Waals surface area (Å²) in [5, 5.41) is 10.6. The standard InChI is InChI=1S/C25H29FN4O2/c26-22-9-7-20(8-10-22)18-23-28-29-25(32-23)24(31)27-13-4-14-30-15-11-21(12-16-30)17-19-5-2-1-3-6-19/h1-3,5-10,21H,4,11-18H2,(H,27,31). The van der Waals surface area contributed by atoms with Gasteiger partial charge in [-0.25, -0.2) is 4.39 Å². The van der Waals surface area contributed by atoms with E-state index in [4.69, 9.17) is 4.42 Å². The van der Waals surface area contributed by atoms with E-state index in [1.54, 1.807) is 12.1 Å². The van der Waals surface area contributed by atoms with E-state index in [-0.39, 0.29) is 17.6 Å². The fraction of sp³-hybridized carbons (Fsp3) is 0.400. The van der Waals surface area contributed by atoms with Gasteiger partial charge in [-0.15, -0.1) is 10.2 Å². The highest BCUT2D eigenvalue weighted by Crippen LogP contribution is 2.21. The van der Waals surface area contributed by atoms with Crippen molar-refractivity contribution in [3.8, 4) is 0 Å². The zero-order valence-electron chi connectivity index (χ0n) is 18.2. The Morgan fingerprint density at radius 3 is 2.53 bits per heavy atom. The highest BCUT2D eigenvalue weighted by Gasteiger charge is 2.19. The predicted molar refractivity (Wildman–Crippen MR) is 120 cm³/mol. The molecule has 0 aliphatic carbocycles. The van der Waals surface area contributed by atoms with Crippen molar-refractivity contribution >= 4 is 5.91 Å². The van der Waals surface area contributed by atoms with Crippen molar-refractivity contribution in [2.24, 2.45) is 5.92 Å². The molecule has 1 saturated heterocycles. The molecule has 168 valence electrons. The summed E-state index contributed by atoms with van der Waals surface area (Å²) in [6.07, 6.45) is 4.85. The molecule has 0 unspecified atom stereocenters. The van der Waals surface area contributed by atoms with Crippen LogP contribution >= 0.6 is 0 Å². The number of likely N-dealkylation sites (tertiary alicyclic amines) is 1. The number of nitrogens with zero attached hydrogens (tertiary/aromatic N) is 3. The van der Waals surface area contributed by atoms with Crippen LogP contribution in [-0.4, -0.2) is 47.2 Å². The van der Waals surface area contributed by atoms with Gasteiger partial charge in [0.2, 0.25) is 5.89 Å². The monoisotopic (exact) mass is 436 g/mol. The maximum Gasteiger partial charge on any atom is 0.308 e. The first kappa shape index (κ1) is 22.1. The van der Waals surface area contributed by atoms with Crippen LogP contribution in [0.1, 0.15) is 47.0 Å². The van der Waals surface area contributed by atoms with E-state index in [0.29, 0.717) is 18.9 Å². The summed E-state index contributed by atoms with van der Waals surface area (Å²) < 4.78 is 18.4. The highest BCUT2D eigenvalue weighted by molar-refractivity contribution is 5.89. The molecular formula is C25H29FN4O2. The summed E-state index contributed by atoms with van der Waals surface area (Å²) in [5.41, 5.74) is 2.27. The molecule has 2 heterocycles. The third-order valence-electron chi connectivity index (χ3n) is 5.94. The lowest BCUT2D eigenvalue weighted by atomic mass is 9.90. The molecule has 0 bridgehead atoms. The van der Waals surface area contributed by atoms with Crippen LogP contribution in [0.3, 0.4) is 0 Å². The normalized spacial score (nSPS) is 15.0. The molecule has 2 aromatic carbocycles. The van der Waals surface area contributed by atoms with Crippen LogP contribution < -0.4 is 5.32 Å². The second-order valence-corrected chi connectivity index (χ2v) is 8.39. The predicted octanol–water partition coefficient (Wildman–Crippen LogP) is 3.87. The molecule has 0 saturated carbocycles. The van der Waals surface area contributed by atoms with E-state index in [9.17, 15) is 9.18 Å². The minimum atomic E-state index is -0.357. The van der Waals surface area contributed by atoms with Crippen LogP contribution in [0.15, 0.2) is 59.0 Å². The van der Waals surface area contributed by atoms with Gasteiger partial charge in [-0.3, -0.25) is 4.79 Å². The third-order valence-corrected chi connectivity index (χ3v) is 5.94. The fourth-order valence-electron chi connectivity index (χ4n) is 4.14. The molecule has 1 aliphatic rings. The number of rotatable bonds is 9. The molecule has 32 heavy (non-hydrogen) atoms. The van der Waals surface area contributed by atoms with Crippen molar-refractivity contribution < 1.29 is 13.6 Å². The van der Waals surface area contributed by atoms with Gasteiger partial charge in [0.05, 0.1) is 6.42 Å². The van der Waals surface area contributed by atoms with Crippen LogP contribution in [0, 0.1) is 11.7 Å². The Morgan fingerprint density at radius 1 is 1.03 bits per heavy atom. The second kappa shape index (κ2) is 11.0. The van der Waals surface area contributed by atoms with Crippen molar-refractivity contribution in [1.29, 1.82) is 0 Å². The number of hydrogen-bond acceptors (Lipinski definition) is 5. The molecule has 7 heteroatoms. The third kappa shape index (κ3) is 6.47. The molecule has 1 aromatic heterocycles. The number of amides is 1. The number of nitrogens with one attached hydrogen (secondary N) is 1. The minimum Gasteiger partial charge on any atom is -0.417 e. The molecule has 1 aliphatic heterocycles. The molecule has 0 radical (unpaired) electrons. The van der Waals surface area contributed by atoms with Crippen molar-refractivity contribution in [3.05, 3.63) is 83.3 Å². The van der Waals surface area contributed by atoms with E-state index in [1.807, 2.05) is 0 Å². The van der Waals surface area contributed by atoms with Crippen LogP contribution in [0.25, 0.3) is 0 Å². The van der Waals surface area contributed by atoms with Crippen molar-refractivity contribution in [2.75, 3.05) is 26.2 Å². The number of carbonyl (C=O) groups is 1. The van der Waals surface area contributed by atoms with Gasteiger partial charge < -0.3 is 14.6 Å². The summed E-state index contributed by atoms with van der Waals surface area (Å²) in [5.74, 6) is 0.402. The lowest BCUT2D eigenvalue weighted by molar-refractivity contribution is 0.0914. The number of halogens is 1. The van der Waals surface area contributed by atoms with Crippen molar-refractivity contribution in [2.45, 2.75) is 32.1 Å². The first-order chi connectivity index (χ1) is 15.7. The van der Waals surface area contributed by atoms with E-state index in [2.05, 4.69) is 50.7 Å². The molecule has 0 atom stereocenters. The first-order valence-corrected chi connectivity index (χ1v) is 11.3. The topological polar surface area (TPSA) is 71.3 Å². The summed E-state index contributed by atoms with van der Waals surface area (Å²) in [7, 11) is 0. The molecule has 0 spiro atoms. The summed E-state index contributed by atoms with van der Waals surface area (Å²) >= 11 is 0. The van der Waals surface area contributed by atoms with E-state index < -0.39 is 0 Å². The van der Waals surface area contributed by atoms with Gasteiger partial charge in [0.15, 0.2) is 0 Å². The Bertz CT molecular complexity index is 983. The largest absolute Gasteiger partial charge is 0.417 e. The Balaban J connectivity index is 1.12. The molecule has 4 rings (SSSR count). The lowest BCUT2D eigenvalue weighted by Gasteiger charge is -2.32. The SMILES string of the molecule is O=C(NCCCN1CCC(Cc2ccccc2)CC1)c1nnc(Cc2ccc(F)cc2)o1. The molecule has 1 N–H and O–H groups in total. The van der Waals surface area contributed by atoms with Gasteiger partial charge in [0.25, 0.3) is 0 Å². The summed E-state index contributed by atoms with van der Waals surface area (Å²) in [6.45, 7) is 3.76. The average molecular weight is 437 g/mol. The number of piperidine rings is 1. The number of carbonyl (C=O) groups excluding carboxylic acids is 1. The van der Waals surface area contributed by atoms with Crippen molar-refractivity contribution in [1.82, 2.24) is 20.4 Å². The minimum absolute atomic E-state index is 0.0381. The Morgan fingerprint density at radius 2 is 1.78 bits per heavy atom. The number of benzene rings is 2. The quantitative estimate of drug-likeness (QED) is 0.516. The van der Waals surface area contributed by atoms with Gasteiger partial charge >= 0.3 is 11.8 Å². The van der Waals surface area contributed by atoms with E-state index >= 15 is 0 Å². The zero-order valence-corrected chi connectivity index (χ0v) is 18.2. The van der Waals surface area contributed by atoms with Crippen molar-refractivity contribution in [3.63, 3.8) is 0 Å². The molecule has 6 nitrogen and oxygen atoms in total. The number of aromatic nitrogens is 2. The van der Waals surface area contributed by atoms with Gasteiger partial charge in [0, 0.05) is 6.54 Å². The molecule has 3 aromatic rings. The smallest absolute Gasteiger partial charge is 0.308 e. The zero-order chi connectivity index (χ0) is 22.2. The van der Waals surface area contributed by atoms with Gasteiger partial charge in [-0.2, -0.15) is 0 Å². The van der Waals surface area contributed by atoms with Gasteiger partial charge in [-0.1, -0.05) is 42.5 Å². The van der Waals surface area contributed by atoms with Crippen LogP contribution in [0.5, 0.6) is 0 Å². The maximum absolute atomic E-state index is 13.0. The molecule has 1 amide bonds. The summed E-state index contributed by atoms with van der Waals surface area (Å²) in [4.78, 5) is 14.7. The first-order valence-electron chi connectivity index (χ1n) is 11.3. The summed E-state index contributed by atoms with van der Waals surface area (Å²) in [6, 6.07) is 16.8. The average Bonchev–Trinajstić information content (AvgIpc) is 3.28. The highest BCUT2D eigenvalue weighted by atomic mass is 19.1. The second-order valence-electron chi connectivity index (χ2n) is 8.39. The Hall–Kier alpha value is -3.06. The van der Waals surface area contributed by atoms with E-state index in [0.717, 1.165) is 44.0 Å². The lowest BCUT2D eigenvalue weighted by Crippen LogP contribution is -2.36. The Labute approximate surface area is 187 Å². The molecule has 1 fully saturated rings. The van der Waals surface area contributed by atoms with E-state index in [1.165, 1.54) is 30.5 Å². The molecular weight excluding hydrogens is 407 g/mol. The maximum atomic E-state index is 13.0. The number of hydrogen-bond donors (Lipinski definition) is 1. The fourth-order valence-corrected chi connectivity index (χ4v) is 4.14. The Kier molecular flexibility index (Phi) is 7.61. The van der Waals surface area contributed by atoms with Gasteiger partial charge in [0.1, 0.15) is 5.82 Å². The van der Waals surface area contributed by atoms with Crippen LogP contribution in [0.4, 0.5) is 4.39 Å². The van der Waals surface area contributed by atoms with Crippen LogP contribution in [0.2, 0.25) is 0 Å².